The number of halogens is 1. The molecule has 1 atom stereocenters. The van der Waals surface area contributed by atoms with Gasteiger partial charge in [0, 0.05) is 5.69 Å². The van der Waals surface area contributed by atoms with Crippen LogP contribution in [0.5, 0.6) is 0 Å². The molecule has 0 aliphatic rings. The molecule has 0 fully saturated rings. The van der Waals surface area contributed by atoms with Crippen LogP contribution in [-0.2, 0) is 9.53 Å². The standard InChI is InChI=1S/C12H14BrNO3/c1-3-17-12(16)9-4-6-10(7-5-9)14-11(15)8(2)13/h4-8H,3H2,1-2H3,(H,14,15)/t8-/m0/s1. The fraction of sp³-hybridized carbons (Fsp3) is 0.333. The second kappa shape index (κ2) is 6.39. The van der Waals surface area contributed by atoms with Crippen LogP contribution in [0, 0.1) is 0 Å². The van der Waals surface area contributed by atoms with E-state index >= 15 is 0 Å². The Balaban J connectivity index is 2.68. The number of ether oxygens (including phenoxy) is 1. The molecule has 5 heteroatoms. The van der Waals surface area contributed by atoms with Crippen molar-refractivity contribution in [3.63, 3.8) is 0 Å². The third kappa shape index (κ3) is 4.19. The molecular weight excluding hydrogens is 286 g/mol. The zero-order chi connectivity index (χ0) is 12.8. The van der Waals surface area contributed by atoms with Gasteiger partial charge in [0.05, 0.1) is 17.0 Å². The highest BCUT2D eigenvalue weighted by Crippen LogP contribution is 2.12. The van der Waals surface area contributed by atoms with E-state index in [2.05, 4.69) is 21.2 Å². The van der Waals surface area contributed by atoms with Gasteiger partial charge in [-0.2, -0.15) is 0 Å². The van der Waals surface area contributed by atoms with Gasteiger partial charge in [-0.3, -0.25) is 4.79 Å². The summed E-state index contributed by atoms with van der Waals surface area (Å²) in [6.07, 6.45) is 0. The number of carbonyl (C=O) groups is 2. The Labute approximate surface area is 108 Å². The van der Waals surface area contributed by atoms with Gasteiger partial charge >= 0.3 is 5.97 Å². The fourth-order valence-electron chi connectivity index (χ4n) is 1.15. The average Bonchev–Trinajstić information content (AvgIpc) is 2.30. The zero-order valence-corrected chi connectivity index (χ0v) is 11.3. The lowest BCUT2D eigenvalue weighted by Gasteiger charge is -2.07. The molecule has 0 heterocycles. The van der Waals surface area contributed by atoms with E-state index in [0.717, 1.165) is 0 Å². The SMILES string of the molecule is CCOC(=O)c1ccc(NC(=O)[C@H](C)Br)cc1. The van der Waals surface area contributed by atoms with Crippen molar-refractivity contribution in [2.45, 2.75) is 18.7 Å². The summed E-state index contributed by atoms with van der Waals surface area (Å²) in [5.41, 5.74) is 1.12. The Hall–Kier alpha value is -1.36. The Morgan fingerprint density at radius 2 is 1.94 bits per heavy atom. The molecule has 0 spiro atoms. The number of carbonyl (C=O) groups excluding carboxylic acids is 2. The lowest BCUT2D eigenvalue weighted by Crippen LogP contribution is -2.19. The van der Waals surface area contributed by atoms with Crippen molar-refractivity contribution in [3.8, 4) is 0 Å². The topological polar surface area (TPSA) is 55.4 Å². The van der Waals surface area contributed by atoms with Crippen molar-refractivity contribution in [2.75, 3.05) is 11.9 Å². The van der Waals surface area contributed by atoms with Crippen LogP contribution in [0.4, 0.5) is 5.69 Å². The Bertz CT molecular complexity index is 401. The number of esters is 1. The molecule has 0 saturated heterocycles. The molecule has 1 amide bonds. The highest BCUT2D eigenvalue weighted by atomic mass is 79.9. The van der Waals surface area contributed by atoms with Crippen LogP contribution < -0.4 is 5.32 Å². The lowest BCUT2D eigenvalue weighted by atomic mass is 10.2. The van der Waals surface area contributed by atoms with Crippen LogP contribution >= 0.6 is 15.9 Å². The van der Waals surface area contributed by atoms with Gasteiger partial charge < -0.3 is 10.1 Å². The van der Waals surface area contributed by atoms with Gasteiger partial charge in [0.15, 0.2) is 0 Å². The highest BCUT2D eigenvalue weighted by molar-refractivity contribution is 9.10. The zero-order valence-electron chi connectivity index (χ0n) is 9.70. The van der Waals surface area contributed by atoms with Crippen LogP contribution in [0.15, 0.2) is 24.3 Å². The first-order valence-corrected chi connectivity index (χ1v) is 6.18. The largest absolute Gasteiger partial charge is 0.462 e. The minimum Gasteiger partial charge on any atom is -0.462 e. The summed E-state index contributed by atoms with van der Waals surface area (Å²) in [4.78, 5) is 22.5. The molecule has 1 aromatic rings. The van der Waals surface area contributed by atoms with Gasteiger partial charge in [0.25, 0.3) is 0 Å². The Morgan fingerprint density at radius 1 is 1.35 bits per heavy atom. The van der Waals surface area contributed by atoms with Gasteiger partial charge in [-0.15, -0.1) is 0 Å². The summed E-state index contributed by atoms with van der Waals surface area (Å²) in [6, 6.07) is 6.57. The van der Waals surface area contributed by atoms with E-state index in [-0.39, 0.29) is 16.7 Å². The van der Waals surface area contributed by atoms with Gasteiger partial charge in [0.1, 0.15) is 0 Å². The van der Waals surface area contributed by atoms with Gasteiger partial charge in [-0.1, -0.05) is 15.9 Å². The van der Waals surface area contributed by atoms with Crippen LogP contribution in [0.25, 0.3) is 0 Å². The molecule has 1 rings (SSSR count). The highest BCUT2D eigenvalue weighted by Gasteiger charge is 2.10. The third-order valence-electron chi connectivity index (χ3n) is 2.02. The van der Waals surface area contributed by atoms with E-state index in [0.29, 0.717) is 17.9 Å². The molecule has 1 aromatic carbocycles. The van der Waals surface area contributed by atoms with Crippen molar-refractivity contribution in [1.29, 1.82) is 0 Å². The molecule has 1 N–H and O–H groups in total. The number of alkyl halides is 1. The number of hydrogen-bond donors (Lipinski definition) is 1. The van der Waals surface area contributed by atoms with Gasteiger partial charge in [0.2, 0.25) is 5.91 Å². The van der Waals surface area contributed by atoms with Crippen LogP contribution in [-0.4, -0.2) is 23.3 Å². The normalized spacial score (nSPS) is 11.7. The maximum atomic E-state index is 11.4. The first-order chi connectivity index (χ1) is 8.04. The number of benzene rings is 1. The monoisotopic (exact) mass is 299 g/mol. The second-order valence-electron chi connectivity index (χ2n) is 3.40. The van der Waals surface area contributed by atoms with Gasteiger partial charge in [-0.05, 0) is 38.1 Å². The van der Waals surface area contributed by atoms with Crippen LogP contribution in [0.2, 0.25) is 0 Å². The van der Waals surface area contributed by atoms with E-state index in [9.17, 15) is 9.59 Å². The first-order valence-electron chi connectivity index (χ1n) is 5.26. The van der Waals surface area contributed by atoms with Crippen molar-refractivity contribution in [1.82, 2.24) is 0 Å². The Kier molecular flexibility index (Phi) is 5.15. The molecule has 0 bridgehead atoms. The number of anilines is 1. The molecule has 0 unspecified atom stereocenters. The molecule has 4 nitrogen and oxygen atoms in total. The maximum absolute atomic E-state index is 11.4. The van der Waals surface area contributed by atoms with Crippen molar-refractivity contribution in [2.24, 2.45) is 0 Å². The summed E-state index contributed by atoms with van der Waals surface area (Å²) in [5, 5.41) is 2.70. The van der Waals surface area contributed by atoms with Crippen molar-refractivity contribution in [3.05, 3.63) is 29.8 Å². The van der Waals surface area contributed by atoms with Crippen molar-refractivity contribution >= 4 is 33.5 Å². The minimum atomic E-state index is -0.362. The fourth-order valence-corrected chi connectivity index (χ4v) is 1.26. The van der Waals surface area contributed by atoms with E-state index in [1.165, 1.54) is 0 Å². The molecule has 0 saturated carbocycles. The summed E-state index contributed by atoms with van der Waals surface area (Å²) < 4.78 is 4.85. The van der Waals surface area contributed by atoms with E-state index in [4.69, 9.17) is 4.74 Å². The second-order valence-corrected chi connectivity index (χ2v) is 4.78. The molecule has 0 aromatic heterocycles. The lowest BCUT2D eigenvalue weighted by molar-refractivity contribution is -0.115. The quantitative estimate of drug-likeness (QED) is 0.687. The summed E-state index contributed by atoms with van der Waals surface area (Å²) in [5.74, 6) is -0.492. The van der Waals surface area contributed by atoms with Crippen molar-refractivity contribution < 1.29 is 14.3 Å². The van der Waals surface area contributed by atoms with E-state index in [1.807, 2.05) is 0 Å². The first kappa shape index (κ1) is 13.7. The van der Waals surface area contributed by atoms with E-state index < -0.39 is 0 Å². The summed E-state index contributed by atoms with van der Waals surface area (Å²) >= 11 is 3.17. The Morgan fingerprint density at radius 3 is 2.41 bits per heavy atom. The molecule has 0 aliphatic carbocycles. The molecule has 92 valence electrons. The number of rotatable bonds is 4. The molecule has 0 aliphatic heterocycles. The predicted octanol–water partition coefficient (Wildman–Crippen LogP) is 2.59. The number of amides is 1. The smallest absolute Gasteiger partial charge is 0.338 e. The predicted molar refractivity (Wildman–Crippen MR) is 69.4 cm³/mol. The third-order valence-corrected chi connectivity index (χ3v) is 2.44. The van der Waals surface area contributed by atoms with E-state index in [1.54, 1.807) is 38.1 Å². The average molecular weight is 300 g/mol. The number of nitrogens with one attached hydrogen (secondary N) is 1. The summed E-state index contributed by atoms with van der Waals surface area (Å²) in [6.45, 7) is 3.84. The maximum Gasteiger partial charge on any atom is 0.338 e. The molecule has 17 heavy (non-hydrogen) atoms. The van der Waals surface area contributed by atoms with Crippen LogP contribution in [0.3, 0.4) is 0 Å². The molecular formula is C12H14BrNO3. The van der Waals surface area contributed by atoms with Crippen LogP contribution in [0.1, 0.15) is 24.2 Å². The summed E-state index contributed by atoms with van der Waals surface area (Å²) in [7, 11) is 0. The minimum absolute atomic E-state index is 0.131. The van der Waals surface area contributed by atoms with Gasteiger partial charge in [-0.25, -0.2) is 4.79 Å². The molecule has 0 radical (unpaired) electrons. The number of hydrogen-bond acceptors (Lipinski definition) is 3.